The molecule has 1 fully saturated rings. The van der Waals surface area contributed by atoms with E-state index in [-0.39, 0.29) is 11.2 Å². The predicted molar refractivity (Wildman–Crippen MR) is 76.8 cm³/mol. The Morgan fingerprint density at radius 2 is 2.25 bits per heavy atom. The minimum atomic E-state index is -0.388. The molecule has 0 atom stereocenters. The standard InChI is InChI=1S/C14H18N4O2/c1-2-5-18-12-11(13(19)17-14(18)20)6-9(8-16-12)7-15-10-3-4-10/h6,8,10,15H,2-5,7H2,1H3,(H,17,19,20). The van der Waals surface area contributed by atoms with Crippen LogP contribution < -0.4 is 16.6 Å². The summed E-state index contributed by atoms with van der Waals surface area (Å²) >= 11 is 0. The molecular weight excluding hydrogens is 256 g/mol. The third-order valence-corrected chi connectivity index (χ3v) is 3.51. The molecule has 2 aromatic rings. The van der Waals surface area contributed by atoms with Crippen LogP contribution in [-0.4, -0.2) is 20.6 Å². The van der Waals surface area contributed by atoms with E-state index in [0.29, 0.717) is 30.2 Å². The van der Waals surface area contributed by atoms with Crippen LogP contribution in [0.4, 0.5) is 0 Å². The zero-order valence-corrected chi connectivity index (χ0v) is 11.5. The second-order valence-electron chi connectivity index (χ2n) is 5.28. The number of hydrogen-bond donors (Lipinski definition) is 2. The Morgan fingerprint density at radius 3 is 2.95 bits per heavy atom. The zero-order valence-electron chi connectivity index (χ0n) is 11.5. The van der Waals surface area contributed by atoms with Crippen molar-refractivity contribution >= 4 is 11.0 Å². The van der Waals surface area contributed by atoms with Gasteiger partial charge in [0.05, 0.1) is 5.39 Å². The van der Waals surface area contributed by atoms with E-state index in [1.54, 1.807) is 6.20 Å². The summed E-state index contributed by atoms with van der Waals surface area (Å²) in [6.45, 7) is 3.25. The Morgan fingerprint density at radius 1 is 1.45 bits per heavy atom. The largest absolute Gasteiger partial charge is 0.329 e. The fraction of sp³-hybridized carbons (Fsp3) is 0.500. The lowest BCUT2D eigenvalue weighted by molar-refractivity contribution is 0.649. The Labute approximate surface area is 115 Å². The van der Waals surface area contributed by atoms with Crippen LogP contribution in [0, 0.1) is 0 Å². The summed E-state index contributed by atoms with van der Waals surface area (Å²) in [5.74, 6) is 0. The molecule has 2 N–H and O–H groups in total. The van der Waals surface area contributed by atoms with Crippen LogP contribution in [0.3, 0.4) is 0 Å². The van der Waals surface area contributed by atoms with Gasteiger partial charge in [-0.25, -0.2) is 9.78 Å². The fourth-order valence-corrected chi connectivity index (χ4v) is 2.29. The SMILES string of the molecule is CCCn1c(=O)[nH]c(=O)c2cc(CNC3CC3)cnc21. The van der Waals surface area contributed by atoms with Crippen molar-refractivity contribution in [2.75, 3.05) is 0 Å². The molecule has 2 aromatic heterocycles. The molecule has 0 unspecified atom stereocenters. The molecule has 0 aromatic carbocycles. The number of aromatic nitrogens is 3. The maximum atomic E-state index is 11.9. The van der Waals surface area contributed by atoms with Gasteiger partial charge in [-0.05, 0) is 30.9 Å². The van der Waals surface area contributed by atoms with Gasteiger partial charge in [0.2, 0.25) is 0 Å². The highest BCUT2D eigenvalue weighted by Crippen LogP contribution is 2.19. The van der Waals surface area contributed by atoms with Crippen molar-refractivity contribution in [2.45, 2.75) is 45.3 Å². The minimum Gasteiger partial charge on any atom is -0.310 e. The Kier molecular flexibility index (Phi) is 3.40. The third kappa shape index (κ3) is 2.51. The van der Waals surface area contributed by atoms with Crippen LogP contribution >= 0.6 is 0 Å². The van der Waals surface area contributed by atoms with E-state index in [1.807, 2.05) is 13.0 Å². The van der Waals surface area contributed by atoms with Crippen molar-refractivity contribution in [3.8, 4) is 0 Å². The second-order valence-corrected chi connectivity index (χ2v) is 5.28. The molecule has 1 aliphatic carbocycles. The van der Waals surface area contributed by atoms with E-state index in [0.717, 1.165) is 12.0 Å². The third-order valence-electron chi connectivity index (χ3n) is 3.51. The molecule has 0 spiro atoms. The van der Waals surface area contributed by atoms with Crippen LogP contribution in [0.1, 0.15) is 31.7 Å². The Balaban J connectivity index is 2.04. The van der Waals surface area contributed by atoms with Gasteiger partial charge in [-0.1, -0.05) is 6.92 Å². The van der Waals surface area contributed by atoms with Crippen molar-refractivity contribution in [3.63, 3.8) is 0 Å². The molecular formula is C14H18N4O2. The first-order valence-corrected chi connectivity index (χ1v) is 7.04. The van der Waals surface area contributed by atoms with Gasteiger partial charge in [0.1, 0.15) is 5.65 Å². The molecule has 3 rings (SSSR count). The van der Waals surface area contributed by atoms with Gasteiger partial charge in [0.15, 0.2) is 0 Å². The van der Waals surface area contributed by atoms with Crippen LogP contribution in [0.25, 0.3) is 11.0 Å². The van der Waals surface area contributed by atoms with Gasteiger partial charge in [0.25, 0.3) is 5.56 Å². The van der Waals surface area contributed by atoms with E-state index in [4.69, 9.17) is 0 Å². The normalized spacial score (nSPS) is 14.8. The number of pyridine rings is 1. The Hall–Kier alpha value is -1.95. The van der Waals surface area contributed by atoms with E-state index >= 15 is 0 Å². The number of rotatable bonds is 5. The maximum Gasteiger partial charge on any atom is 0.329 e. The molecule has 0 saturated heterocycles. The Bertz CT molecular complexity index is 743. The number of nitrogens with one attached hydrogen (secondary N) is 2. The summed E-state index contributed by atoms with van der Waals surface area (Å²) < 4.78 is 1.52. The van der Waals surface area contributed by atoms with Crippen LogP contribution in [0.15, 0.2) is 21.9 Å². The first-order valence-electron chi connectivity index (χ1n) is 7.04. The fourth-order valence-electron chi connectivity index (χ4n) is 2.29. The van der Waals surface area contributed by atoms with E-state index in [1.165, 1.54) is 17.4 Å². The highest BCUT2D eigenvalue weighted by Gasteiger charge is 2.20. The average Bonchev–Trinajstić information content (AvgIpc) is 3.25. The zero-order chi connectivity index (χ0) is 14.1. The topological polar surface area (TPSA) is 79.8 Å². The number of aryl methyl sites for hydroxylation is 1. The summed E-state index contributed by atoms with van der Waals surface area (Å²) in [5, 5.41) is 3.87. The van der Waals surface area contributed by atoms with Crippen molar-refractivity contribution < 1.29 is 0 Å². The molecule has 6 heteroatoms. The summed E-state index contributed by atoms with van der Waals surface area (Å²) in [7, 11) is 0. The van der Waals surface area contributed by atoms with Gasteiger partial charge in [-0.2, -0.15) is 0 Å². The predicted octanol–water partition coefficient (Wildman–Crippen LogP) is 0.747. The number of hydrogen-bond acceptors (Lipinski definition) is 4. The van der Waals surface area contributed by atoms with E-state index < -0.39 is 0 Å². The van der Waals surface area contributed by atoms with Crippen LogP contribution in [0.2, 0.25) is 0 Å². The molecule has 1 saturated carbocycles. The summed E-state index contributed by atoms with van der Waals surface area (Å²) in [5.41, 5.74) is 0.686. The molecule has 1 aliphatic rings. The van der Waals surface area contributed by atoms with Gasteiger partial charge in [0, 0.05) is 25.3 Å². The smallest absolute Gasteiger partial charge is 0.310 e. The monoisotopic (exact) mass is 274 g/mol. The van der Waals surface area contributed by atoms with Crippen LogP contribution in [-0.2, 0) is 13.1 Å². The molecule has 0 amide bonds. The number of H-pyrrole nitrogens is 1. The molecule has 106 valence electrons. The average molecular weight is 274 g/mol. The first-order chi connectivity index (χ1) is 9.69. The lowest BCUT2D eigenvalue weighted by Gasteiger charge is -2.09. The van der Waals surface area contributed by atoms with Crippen LogP contribution in [0.5, 0.6) is 0 Å². The highest BCUT2D eigenvalue weighted by atomic mass is 16.2. The lowest BCUT2D eigenvalue weighted by atomic mass is 10.2. The number of nitrogens with zero attached hydrogens (tertiary/aromatic N) is 2. The van der Waals surface area contributed by atoms with Crippen molar-refractivity contribution in [1.29, 1.82) is 0 Å². The van der Waals surface area contributed by atoms with Gasteiger partial charge < -0.3 is 5.32 Å². The molecule has 0 radical (unpaired) electrons. The van der Waals surface area contributed by atoms with Crippen molar-refractivity contribution in [3.05, 3.63) is 38.7 Å². The lowest BCUT2D eigenvalue weighted by Crippen LogP contribution is -2.31. The van der Waals surface area contributed by atoms with Crippen molar-refractivity contribution in [1.82, 2.24) is 19.9 Å². The van der Waals surface area contributed by atoms with Gasteiger partial charge in [-0.3, -0.25) is 14.3 Å². The first kappa shape index (κ1) is 13.1. The number of aromatic amines is 1. The molecule has 2 heterocycles. The minimum absolute atomic E-state index is 0.363. The van der Waals surface area contributed by atoms with Gasteiger partial charge in [-0.15, -0.1) is 0 Å². The molecule has 20 heavy (non-hydrogen) atoms. The molecule has 0 bridgehead atoms. The summed E-state index contributed by atoms with van der Waals surface area (Å²) in [6.07, 6.45) is 4.99. The van der Waals surface area contributed by atoms with Crippen molar-refractivity contribution in [2.24, 2.45) is 0 Å². The summed E-state index contributed by atoms with van der Waals surface area (Å²) in [4.78, 5) is 30.4. The quantitative estimate of drug-likeness (QED) is 0.843. The van der Waals surface area contributed by atoms with E-state index in [2.05, 4.69) is 15.3 Å². The molecule has 0 aliphatic heterocycles. The van der Waals surface area contributed by atoms with E-state index in [9.17, 15) is 9.59 Å². The molecule has 6 nitrogen and oxygen atoms in total. The second kappa shape index (κ2) is 5.20. The highest BCUT2D eigenvalue weighted by molar-refractivity contribution is 5.74. The van der Waals surface area contributed by atoms with Gasteiger partial charge >= 0.3 is 5.69 Å². The number of fused-ring (bicyclic) bond motifs is 1. The maximum absolute atomic E-state index is 11.9. The summed E-state index contributed by atoms with van der Waals surface area (Å²) in [6, 6.07) is 2.43.